The molecule has 0 amide bonds. The second kappa shape index (κ2) is 3.99. The van der Waals surface area contributed by atoms with Gasteiger partial charge in [-0.15, -0.1) is 0 Å². The van der Waals surface area contributed by atoms with Crippen LogP contribution in [0.4, 0.5) is 0 Å². The maximum Gasteiger partial charge on any atom is 0.139 e. The van der Waals surface area contributed by atoms with E-state index < -0.39 is 5.54 Å². The van der Waals surface area contributed by atoms with E-state index in [1.807, 2.05) is 20.9 Å². The van der Waals surface area contributed by atoms with Crippen molar-refractivity contribution in [1.82, 2.24) is 4.90 Å². The molecule has 0 aliphatic carbocycles. The van der Waals surface area contributed by atoms with E-state index >= 15 is 0 Å². The van der Waals surface area contributed by atoms with Gasteiger partial charge in [-0.25, -0.2) is 0 Å². The van der Waals surface area contributed by atoms with Gasteiger partial charge in [0.15, 0.2) is 0 Å². The standard InChI is InChI=1S/C11H21NO2/c1-8-6-10(9(2)14-8)12(5)11(3,4)7-13/h7-10H,6H2,1-5H3. The van der Waals surface area contributed by atoms with Crippen molar-refractivity contribution >= 4 is 6.29 Å². The third-order valence-electron chi connectivity index (χ3n) is 3.26. The van der Waals surface area contributed by atoms with Crippen LogP contribution >= 0.6 is 0 Å². The predicted molar refractivity (Wildman–Crippen MR) is 56.3 cm³/mol. The van der Waals surface area contributed by atoms with E-state index in [-0.39, 0.29) is 6.10 Å². The monoisotopic (exact) mass is 199 g/mol. The summed E-state index contributed by atoms with van der Waals surface area (Å²) in [5, 5.41) is 0. The normalized spacial score (nSPS) is 33.7. The highest BCUT2D eigenvalue weighted by atomic mass is 16.5. The molecule has 0 saturated carbocycles. The maximum absolute atomic E-state index is 10.9. The first-order valence-corrected chi connectivity index (χ1v) is 5.23. The average Bonchev–Trinajstić information content (AvgIpc) is 2.44. The van der Waals surface area contributed by atoms with Crippen LogP contribution in [0.1, 0.15) is 34.1 Å². The molecular weight excluding hydrogens is 178 g/mol. The fraction of sp³-hybridized carbons (Fsp3) is 0.909. The van der Waals surface area contributed by atoms with E-state index in [2.05, 4.69) is 18.7 Å². The fourth-order valence-corrected chi connectivity index (χ4v) is 2.03. The fourth-order valence-electron chi connectivity index (χ4n) is 2.03. The highest BCUT2D eigenvalue weighted by Crippen LogP contribution is 2.27. The van der Waals surface area contributed by atoms with Gasteiger partial charge in [-0.3, -0.25) is 4.90 Å². The lowest BCUT2D eigenvalue weighted by Gasteiger charge is -2.36. The van der Waals surface area contributed by atoms with Crippen molar-refractivity contribution in [2.45, 2.75) is 57.9 Å². The highest BCUT2D eigenvalue weighted by Gasteiger charge is 2.38. The van der Waals surface area contributed by atoms with Gasteiger partial charge in [0.2, 0.25) is 0 Å². The van der Waals surface area contributed by atoms with Gasteiger partial charge in [-0.05, 0) is 41.2 Å². The van der Waals surface area contributed by atoms with Gasteiger partial charge in [0, 0.05) is 6.04 Å². The van der Waals surface area contributed by atoms with Crippen molar-refractivity contribution in [2.24, 2.45) is 0 Å². The summed E-state index contributed by atoms with van der Waals surface area (Å²) in [6.07, 6.45) is 2.53. The molecule has 3 heteroatoms. The Hall–Kier alpha value is -0.410. The molecule has 1 fully saturated rings. The Morgan fingerprint density at radius 1 is 1.43 bits per heavy atom. The summed E-state index contributed by atoms with van der Waals surface area (Å²) >= 11 is 0. The van der Waals surface area contributed by atoms with Crippen molar-refractivity contribution in [2.75, 3.05) is 7.05 Å². The van der Waals surface area contributed by atoms with Gasteiger partial charge in [-0.2, -0.15) is 0 Å². The number of hydrogen-bond donors (Lipinski definition) is 0. The summed E-state index contributed by atoms with van der Waals surface area (Å²) in [6, 6.07) is 0.352. The zero-order valence-corrected chi connectivity index (χ0v) is 9.78. The van der Waals surface area contributed by atoms with Crippen molar-refractivity contribution in [3.63, 3.8) is 0 Å². The molecule has 14 heavy (non-hydrogen) atoms. The van der Waals surface area contributed by atoms with Crippen LogP contribution in [0.25, 0.3) is 0 Å². The van der Waals surface area contributed by atoms with Crippen LogP contribution in [-0.4, -0.2) is 42.0 Å². The molecule has 1 rings (SSSR count). The minimum Gasteiger partial charge on any atom is -0.374 e. The van der Waals surface area contributed by atoms with Gasteiger partial charge in [0.1, 0.15) is 6.29 Å². The molecule has 0 aromatic rings. The number of carbonyl (C=O) groups excluding carboxylic acids is 1. The van der Waals surface area contributed by atoms with Crippen molar-refractivity contribution in [1.29, 1.82) is 0 Å². The third-order valence-corrected chi connectivity index (χ3v) is 3.26. The number of carbonyl (C=O) groups is 1. The van der Waals surface area contributed by atoms with E-state index in [1.54, 1.807) is 0 Å². The van der Waals surface area contributed by atoms with Crippen LogP contribution < -0.4 is 0 Å². The first-order valence-electron chi connectivity index (χ1n) is 5.23. The molecule has 0 aromatic carbocycles. The first-order chi connectivity index (χ1) is 6.38. The summed E-state index contributed by atoms with van der Waals surface area (Å²) in [7, 11) is 2.00. The Bertz CT molecular complexity index is 215. The Balaban J connectivity index is 2.69. The van der Waals surface area contributed by atoms with Gasteiger partial charge < -0.3 is 9.53 Å². The zero-order valence-electron chi connectivity index (χ0n) is 9.78. The van der Waals surface area contributed by atoms with E-state index in [0.29, 0.717) is 12.1 Å². The largest absolute Gasteiger partial charge is 0.374 e. The number of rotatable bonds is 3. The van der Waals surface area contributed by atoms with Crippen molar-refractivity contribution < 1.29 is 9.53 Å². The molecular formula is C11H21NO2. The minimum absolute atomic E-state index is 0.217. The molecule has 3 unspecified atom stereocenters. The zero-order chi connectivity index (χ0) is 10.9. The summed E-state index contributed by atoms with van der Waals surface area (Å²) in [6.45, 7) is 8.04. The summed E-state index contributed by atoms with van der Waals surface area (Å²) in [5.74, 6) is 0. The Kier molecular flexibility index (Phi) is 3.32. The summed E-state index contributed by atoms with van der Waals surface area (Å²) in [4.78, 5) is 13.0. The van der Waals surface area contributed by atoms with Gasteiger partial charge >= 0.3 is 0 Å². The van der Waals surface area contributed by atoms with Crippen molar-refractivity contribution in [3.8, 4) is 0 Å². The Morgan fingerprint density at radius 2 is 2.00 bits per heavy atom. The topological polar surface area (TPSA) is 29.5 Å². The Morgan fingerprint density at radius 3 is 2.36 bits per heavy atom. The Labute approximate surface area is 86.4 Å². The van der Waals surface area contributed by atoms with E-state index in [1.165, 1.54) is 0 Å². The maximum atomic E-state index is 10.9. The number of likely N-dealkylation sites (N-methyl/N-ethyl adjacent to an activating group) is 1. The molecule has 0 bridgehead atoms. The van der Waals surface area contributed by atoms with E-state index in [9.17, 15) is 4.79 Å². The third kappa shape index (κ3) is 2.15. The highest BCUT2D eigenvalue weighted by molar-refractivity contribution is 5.62. The molecule has 0 aromatic heterocycles. The molecule has 3 nitrogen and oxygen atoms in total. The van der Waals surface area contributed by atoms with Crippen LogP contribution in [0.5, 0.6) is 0 Å². The number of aldehydes is 1. The number of nitrogens with zero attached hydrogens (tertiary/aromatic N) is 1. The molecule has 0 spiro atoms. The average molecular weight is 199 g/mol. The minimum atomic E-state index is -0.396. The predicted octanol–water partition coefficient (Wildman–Crippen LogP) is 1.46. The van der Waals surface area contributed by atoms with Crippen LogP contribution in [0.15, 0.2) is 0 Å². The van der Waals surface area contributed by atoms with Crippen LogP contribution in [-0.2, 0) is 9.53 Å². The van der Waals surface area contributed by atoms with Crippen LogP contribution in [0.3, 0.4) is 0 Å². The number of ether oxygens (including phenoxy) is 1. The summed E-state index contributed by atoms with van der Waals surface area (Å²) in [5.41, 5.74) is -0.396. The SMILES string of the molecule is CC1CC(N(C)C(C)(C)C=O)C(C)O1. The second-order valence-electron chi connectivity index (χ2n) is 4.84. The first kappa shape index (κ1) is 11.7. The number of hydrogen-bond acceptors (Lipinski definition) is 3. The molecule has 0 radical (unpaired) electrons. The lowest BCUT2D eigenvalue weighted by atomic mass is 9.99. The smallest absolute Gasteiger partial charge is 0.139 e. The van der Waals surface area contributed by atoms with Crippen molar-refractivity contribution in [3.05, 3.63) is 0 Å². The van der Waals surface area contributed by atoms with Gasteiger partial charge in [-0.1, -0.05) is 0 Å². The van der Waals surface area contributed by atoms with Gasteiger partial charge in [0.05, 0.1) is 17.7 Å². The lowest BCUT2D eigenvalue weighted by Crippen LogP contribution is -2.50. The lowest BCUT2D eigenvalue weighted by molar-refractivity contribution is -0.117. The van der Waals surface area contributed by atoms with Crippen LogP contribution in [0.2, 0.25) is 0 Å². The molecule has 1 aliphatic heterocycles. The molecule has 0 N–H and O–H groups in total. The molecule has 1 saturated heterocycles. The molecule has 1 heterocycles. The van der Waals surface area contributed by atoms with Gasteiger partial charge in [0.25, 0.3) is 0 Å². The molecule has 3 atom stereocenters. The molecule has 1 aliphatic rings. The summed E-state index contributed by atoms with van der Waals surface area (Å²) < 4.78 is 5.68. The van der Waals surface area contributed by atoms with E-state index in [4.69, 9.17) is 4.74 Å². The van der Waals surface area contributed by atoms with E-state index in [0.717, 1.165) is 12.7 Å². The quantitative estimate of drug-likeness (QED) is 0.644. The molecule has 82 valence electrons. The van der Waals surface area contributed by atoms with Crippen LogP contribution in [0, 0.1) is 0 Å². The second-order valence-corrected chi connectivity index (χ2v) is 4.84.